The summed E-state index contributed by atoms with van der Waals surface area (Å²) in [6.07, 6.45) is 1.50. The van der Waals surface area contributed by atoms with E-state index >= 15 is 0 Å². The Balaban J connectivity index is 1.53. The molecule has 126 valence electrons. The molecule has 1 heterocycles. The van der Waals surface area contributed by atoms with E-state index in [2.05, 4.69) is 26.6 Å². The molecular formula is C18H18BrClN2O2. The van der Waals surface area contributed by atoms with Crippen molar-refractivity contribution in [3.63, 3.8) is 0 Å². The van der Waals surface area contributed by atoms with Crippen molar-refractivity contribution < 1.29 is 9.53 Å². The standard InChI is InChI=1S/C18H18BrClN2O2/c19-13-4-5-17-15(11-13)16(7-9-24-17)22-18(23)21-8-6-12-2-1-3-14(20)10-12/h1-5,10-11,16H,6-9H2,(H2,21,22,23). The van der Waals surface area contributed by atoms with Gasteiger partial charge in [0.25, 0.3) is 0 Å². The predicted octanol–water partition coefficient (Wildman–Crippen LogP) is 4.47. The van der Waals surface area contributed by atoms with Crippen molar-refractivity contribution in [1.82, 2.24) is 10.6 Å². The summed E-state index contributed by atoms with van der Waals surface area (Å²) in [5, 5.41) is 6.63. The van der Waals surface area contributed by atoms with E-state index in [9.17, 15) is 4.79 Å². The van der Waals surface area contributed by atoms with Gasteiger partial charge in [-0.25, -0.2) is 4.79 Å². The van der Waals surface area contributed by atoms with Crippen LogP contribution in [-0.4, -0.2) is 19.2 Å². The summed E-state index contributed by atoms with van der Waals surface area (Å²) < 4.78 is 6.61. The number of carbonyl (C=O) groups is 1. The summed E-state index contributed by atoms with van der Waals surface area (Å²) in [7, 11) is 0. The van der Waals surface area contributed by atoms with Gasteiger partial charge >= 0.3 is 6.03 Å². The number of halogens is 2. The van der Waals surface area contributed by atoms with Crippen LogP contribution >= 0.6 is 27.5 Å². The summed E-state index contributed by atoms with van der Waals surface area (Å²) in [6, 6.07) is 13.3. The lowest BCUT2D eigenvalue weighted by Crippen LogP contribution is -2.40. The Morgan fingerprint density at radius 1 is 1.29 bits per heavy atom. The van der Waals surface area contributed by atoms with Gasteiger partial charge in [-0.15, -0.1) is 0 Å². The lowest BCUT2D eigenvalue weighted by Gasteiger charge is -2.27. The molecule has 2 aromatic rings. The number of urea groups is 1. The van der Waals surface area contributed by atoms with Gasteiger partial charge in [-0.2, -0.15) is 0 Å². The first-order valence-electron chi connectivity index (χ1n) is 7.83. The van der Waals surface area contributed by atoms with Crippen LogP contribution in [0.5, 0.6) is 5.75 Å². The van der Waals surface area contributed by atoms with E-state index in [0.717, 1.165) is 34.2 Å². The minimum atomic E-state index is -0.171. The molecule has 0 fully saturated rings. The molecule has 2 amide bonds. The molecule has 1 aliphatic heterocycles. The molecule has 4 nitrogen and oxygen atoms in total. The van der Waals surface area contributed by atoms with Crippen LogP contribution in [0.25, 0.3) is 0 Å². The van der Waals surface area contributed by atoms with Crippen molar-refractivity contribution in [2.24, 2.45) is 0 Å². The molecule has 0 spiro atoms. The number of amides is 2. The van der Waals surface area contributed by atoms with Crippen molar-refractivity contribution >= 4 is 33.6 Å². The highest BCUT2D eigenvalue weighted by Crippen LogP contribution is 2.33. The fourth-order valence-corrected chi connectivity index (χ4v) is 3.33. The van der Waals surface area contributed by atoms with Gasteiger partial charge in [0.1, 0.15) is 5.75 Å². The van der Waals surface area contributed by atoms with Gasteiger partial charge in [0.05, 0.1) is 12.6 Å². The Morgan fingerprint density at radius 3 is 3.00 bits per heavy atom. The highest BCUT2D eigenvalue weighted by atomic mass is 79.9. The summed E-state index contributed by atoms with van der Waals surface area (Å²) in [6.45, 7) is 1.16. The van der Waals surface area contributed by atoms with Crippen molar-refractivity contribution in [1.29, 1.82) is 0 Å². The Hall–Kier alpha value is -1.72. The van der Waals surface area contributed by atoms with E-state index in [0.29, 0.717) is 18.2 Å². The zero-order chi connectivity index (χ0) is 16.9. The maximum Gasteiger partial charge on any atom is 0.315 e. The van der Waals surface area contributed by atoms with Crippen LogP contribution in [0.15, 0.2) is 46.9 Å². The molecular weight excluding hydrogens is 392 g/mol. The third-order valence-corrected chi connectivity index (χ3v) is 4.63. The van der Waals surface area contributed by atoms with Crippen molar-refractivity contribution in [3.8, 4) is 5.75 Å². The van der Waals surface area contributed by atoms with E-state index < -0.39 is 0 Å². The maximum atomic E-state index is 12.2. The third kappa shape index (κ3) is 4.42. The van der Waals surface area contributed by atoms with Crippen LogP contribution in [-0.2, 0) is 6.42 Å². The molecule has 0 aliphatic carbocycles. The van der Waals surface area contributed by atoms with Crippen LogP contribution in [0.2, 0.25) is 5.02 Å². The maximum absolute atomic E-state index is 12.2. The van der Waals surface area contributed by atoms with Crippen LogP contribution < -0.4 is 15.4 Å². The third-order valence-electron chi connectivity index (χ3n) is 3.90. The molecule has 2 aromatic carbocycles. The van der Waals surface area contributed by atoms with Crippen LogP contribution in [0.1, 0.15) is 23.6 Å². The van der Waals surface area contributed by atoms with Crippen molar-refractivity contribution in [2.45, 2.75) is 18.9 Å². The van der Waals surface area contributed by atoms with E-state index in [-0.39, 0.29) is 12.1 Å². The van der Waals surface area contributed by atoms with Gasteiger partial charge in [0.15, 0.2) is 0 Å². The molecule has 3 rings (SSSR count). The Bertz CT molecular complexity index is 739. The van der Waals surface area contributed by atoms with Gasteiger partial charge in [-0.1, -0.05) is 39.7 Å². The molecule has 0 saturated carbocycles. The molecule has 1 atom stereocenters. The molecule has 0 aromatic heterocycles. The van der Waals surface area contributed by atoms with Gasteiger partial charge in [0.2, 0.25) is 0 Å². The van der Waals surface area contributed by atoms with Gasteiger partial charge in [-0.3, -0.25) is 0 Å². The average molecular weight is 410 g/mol. The van der Waals surface area contributed by atoms with Gasteiger partial charge in [-0.05, 0) is 42.3 Å². The Labute approximate surface area is 154 Å². The largest absolute Gasteiger partial charge is 0.493 e. The second-order valence-electron chi connectivity index (χ2n) is 5.65. The smallest absolute Gasteiger partial charge is 0.315 e. The summed E-state index contributed by atoms with van der Waals surface area (Å²) in [5.41, 5.74) is 2.10. The molecule has 0 bridgehead atoms. The lowest BCUT2D eigenvalue weighted by atomic mass is 10.0. The number of fused-ring (bicyclic) bond motifs is 1. The highest BCUT2D eigenvalue weighted by Gasteiger charge is 2.23. The number of carbonyl (C=O) groups excluding carboxylic acids is 1. The van der Waals surface area contributed by atoms with Gasteiger partial charge < -0.3 is 15.4 Å². The van der Waals surface area contributed by atoms with Crippen molar-refractivity contribution in [3.05, 3.63) is 63.1 Å². The quantitative estimate of drug-likeness (QED) is 0.783. The fourth-order valence-electron chi connectivity index (χ4n) is 2.74. The molecule has 1 unspecified atom stereocenters. The summed E-state index contributed by atoms with van der Waals surface area (Å²) >= 11 is 9.42. The van der Waals surface area contributed by atoms with E-state index in [1.54, 1.807) is 0 Å². The monoisotopic (exact) mass is 408 g/mol. The Kier molecular flexibility index (Phi) is 5.63. The molecule has 6 heteroatoms. The normalized spacial score (nSPS) is 16.0. The predicted molar refractivity (Wildman–Crippen MR) is 98.7 cm³/mol. The number of hydrogen-bond donors (Lipinski definition) is 2. The molecule has 24 heavy (non-hydrogen) atoms. The SMILES string of the molecule is O=C(NCCc1cccc(Cl)c1)NC1CCOc2ccc(Br)cc21. The topological polar surface area (TPSA) is 50.4 Å². The first kappa shape index (κ1) is 17.1. The first-order chi connectivity index (χ1) is 11.6. The average Bonchev–Trinajstić information content (AvgIpc) is 2.55. The molecule has 1 aliphatic rings. The summed E-state index contributed by atoms with van der Waals surface area (Å²) in [4.78, 5) is 12.2. The minimum absolute atomic E-state index is 0.0441. The van der Waals surface area contributed by atoms with Crippen LogP contribution in [0.4, 0.5) is 4.79 Å². The molecule has 2 N–H and O–H groups in total. The van der Waals surface area contributed by atoms with Crippen LogP contribution in [0.3, 0.4) is 0 Å². The number of benzene rings is 2. The van der Waals surface area contributed by atoms with Crippen molar-refractivity contribution in [2.75, 3.05) is 13.2 Å². The second-order valence-corrected chi connectivity index (χ2v) is 7.00. The number of hydrogen-bond acceptors (Lipinski definition) is 2. The number of ether oxygens (including phenoxy) is 1. The number of nitrogens with one attached hydrogen (secondary N) is 2. The second kappa shape index (κ2) is 7.90. The van der Waals surface area contributed by atoms with Gasteiger partial charge in [0, 0.05) is 28.0 Å². The highest BCUT2D eigenvalue weighted by molar-refractivity contribution is 9.10. The molecule has 0 saturated heterocycles. The molecule has 0 radical (unpaired) electrons. The minimum Gasteiger partial charge on any atom is -0.493 e. The van der Waals surface area contributed by atoms with E-state index in [1.165, 1.54) is 0 Å². The lowest BCUT2D eigenvalue weighted by molar-refractivity contribution is 0.223. The summed E-state index contributed by atoms with van der Waals surface area (Å²) in [5.74, 6) is 0.827. The van der Waals surface area contributed by atoms with E-state index in [1.807, 2.05) is 42.5 Å². The van der Waals surface area contributed by atoms with E-state index in [4.69, 9.17) is 16.3 Å². The fraction of sp³-hybridized carbons (Fsp3) is 0.278. The first-order valence-corrected chi connectivity index (χ1v) is 9.00. The zero-order valence-electron chi connectivity index (χ0n) is 13.0. The zero-order valence-corrected chi connectivity index (χ0v) is 15.4. The van der Waals surface area contributed by atoms with Crippen LogP contribution in [0, 0.1) is 0 Å². The Morgan fingerprint density at radius 2 is 2.17 bits per heavy atom. The number of rotatable bonds is 4.